The van der Waals surface area contributed by atoms with Gasteiger partial charge in [-0.2, -0.15) is 15.0 Å². The zero-order chi connectivity index (χ0) is 23.0. The number of ether oxygens (including phenoxy) is 1. The second kappa shape index (κ2) is 8.03. The van der Waals surface area contributed by atoms with Gasteiger partial charge in [-0.25, -0.2) is 18.2 Å². The molecule has 2 aromatic carbocycles. The highest BCUT2D eigenvalue weighted by Gasteiger charge is 2.23. The number of methoxy groups -OCH3 is 1. The average Bonchev–Trinajstić information content (AvgIpc) is 3.19. The van der Waals surface area contributed by atoms with Crippen LogP contribution < -0.4 is 10.1 Å². The summed E-state index contributed by atoms with van der Waals surface area (Å²) < 4.78 is 47.4. The lowest BCUT2D eigenvalue weighted by atomic mass is 10.1. The molecule has 4 aromatic rings. The van der Waals surface area contributed by atoms with Crippen LogP contribution in [-0.2, 0) is 0 Å². The van der Waals surface area contributed by atoms with Gasteiger partial charge in [0.05, 0.1) is 18.9 Å². The number of anilines is 1. The molecule has 0 bridgehead atoms. The molecule has 0 radical (unpaired) electrons. The Balaban J connectivity index is 1.83. The number of hydrogen-bond acceptors (Lipinski definition) is 5. The fourth-order valence-corrected chi connectivity index (χ4v) is 3.25. The summed E-state index contributed by atoms with van der Waals surface area (Å²) >= 11 is 0. The third-order valence-electron chi connectivity index (χ3n) is 4.83. The number of para-hydroxylation sites is 1. The van der Waals surface area contributed by atoms with Crippen LogP contribution in [0.25, 0.3) is 16.7 Å². The molecule has 0 atom stereocenters. The normalized spacial score (nSPS) is 10.8. The molecule has 0 unspecified atom stereocenters. The minimum atomic E-state index is -1.77. The van der Waals surface area contributed by atoms with Crippen LogP contribution in [0.3, 0.4) is 0 Å². The van der Waals surface area contributed by atoms with Crippen LogP contribution in [0.4, 0.5) is 19.0 Å². The Morgan fingerprint density at radius 2 is 1.97 bits per heavy atom. The van der Waals surface area contributed by atoms with E-state index < -0.39 is 28.9 Å². The molecule has 4 rings (SSSR count). The van der Waals surface area contributed by atoms with Crippen molar-refractivity contribution < 1.29 is 22.7 Å². The number of hydrogen-bond donors (Lipinski definition) is 1. The first-order valence-corrected chi connectivity index (χ1v) is 9.23. The topological polar surface area (TPSA) is 92.8 Å². The summed E-state index contributed by atoms with van der Waals surface area (Å²) in [5, 5.41) is 16.7. The Labute approximate surface area is 179 Å². The highest BCUT2D eigenvalue weighted by molar-refractivity contribution is 6.04. The molecule has 2 heterocycles. The quantitative estimate of drug-likeness (QED) is 0.481. The molecule has 2 aromatic heterocycles. The van der Waals surface area contributed by atoms with Crippen molar-refractivity contribution in [3.8, 4) is 17.6 Å². The van der Waals surface area contributed by atoms with Crippen LogP contribution in [0.5, 0.6) is 5.75 Å². The fraction of sp³-hybridized carbons (Fsp3) is 0.0909. The lowest BCUT2D eigenvalue weighted by molar-refractivity contribution is 0.102. The van der Waals surface area contributed by atoms with Gasteiger partial charge >= 0.3 is 0 Å². The number of halogens is 3. The Hall–Kier alpha value is -4.39. The minimum Gasteiger partial charge on any atom is -0.494 e. The van der Waals surface area contributed by atoms with E-state index in [2.05, 4.69) is 15.4 Å². The van der Waals surface area contributed by atoms with Crippen LogP contribution in [0.15, 0.2) is 42.6 Å². The summed E-state index contributed by atoms with van der Waals surface area (Å²) in [6.45, 7) is 1.84. The number of carbonyl (C=O) groups is 1. The van der Waals surface area contributed by atoms with E-state index in [-0.39, 0.29) is 17.2 Å². The van der Waals surface area contributed by atoms with Crippen molar-refractivity contribution in [2.75, 3.05) is 12.4 Å². The molecule has 0 fully saturated rings. The van der Waals surface area contributed by atoms with Crippen LogP contribution >= 0.6 is 0 Å². The van der Waals surface area contributed by atoms with Gasteiger partial charge < -0.3 is 10.1 Å². The second-order valence-electron chi connectivity index (χ2n) is 6.76. The predicted octanol–water partition coefficient (Wildman–Crippen LogP) is 4.28. The highest BCUT2D eigenvalue weighted by Crippen LogP contribution is 2.29. The molecular formula is C22H14F3N5O2. The lowest BCUT2D eigenvalue weighted by Gasteiger charge is -2.13. The molecule has 0 saturated heterocycles. The van der Waals surface area contributed by atoms with Crippen LogP contribution in [0.1, 0.15) is 21.5 Å². The number of carbonyl (C=O) groups excluding carboxylic acids is 1. The van der Waals surface area contributed by atoms with E-state index in [9.17, 15) is 23.2 Å². The fourth-order valence-electron chi connectivity index (χ4n) is 3.25. The van der Waals surface area contributed by atoms with Crippen molar-refractivity contribution in [1.29, 1.82) is 5.26 Å². The van der Waals surface area contributed by atoms with E-state index in [4.69, 9.17) is 4.74 Å². The first kappa shape index (κ1) is 20.9. The molecule has 0 saturated carbocycles. The number of rotatable bonds is 4. The maximum atomic E-state index is 14.1. The molecule has 1 amide bonds. The van der Waals surface area contributed by atoms with Crippen molar-refractivity contribution in [2.24, 2.45) is 0 Å². The largest absolute Gasteiger partial charge is 0.494 e. The Morgan fingerprint density at radius 1 is 1.19 bits per heavy atom. The van der Waals surface area contributed by atoms with Crippen LogP contribution in [0, 0.1) is 35.7 Å². The predicted molar refractivity (Wildman–Crippen MR) is 109 cm³/mol. The van der Waals surface area contributed by atoms with E-state index >= 15 is 0 Å². The summed E-state index contributed by atoms with van der Waals surface area (Å²) in [7, 11) is 1.50. The van der Waals surface area contributed by atoms with Crippen LogP contribution in [-0.4, -0.2) is 27.8 Å². The number of aryl methyl sites for hydroxylation is 1. The molecule has 160 valence electrons. The number of aromatic nitrogens is 3. The van der Waals surface area contributed by atoms with Crippen molar-refractivity contribution in [3.63, 3.8) is 0 Å². The Morgan fingerprint density at radius 3 is 2.69 bits per heavy atom. The number of benzene rings is 2. The number of pyridine rings is 1. The van der Waals surface area contributed by atoms with Crippen molar-refractivity contribution >= 4 is 22.6 Å². The van der Waals surface area contributed by atoms with Crippen molar-refractivity contribution in [3.05, 3.63) is 76.7 Å². The van der Waals surface area contributed by atoms with Gasteiger partial charge in [-0.3, -0.25) is 4.79 Å². The second-order valence-corrected chi connectivity index (χ2v) is 6.76. The summed E-state index contributed by atoms with van der Waals surface area (Å²) in [5.41, 5.74) is 0.579. The van der Waals surface area contributed by atoms with Gasteiger partial charge in [0.15, 0.2) is 29.1 Å². The molecule has 0 aliphatic rings. The van der Waals surface area contributed by atoms with Crippen molar-refractivity contribution in [1.82, 2.24) is 14.8 Å². The molecule has 1 N–H and O–H groups in total. The maximum Gasteiger partial charge on any atom is 0.259 e. The molecule has 0 aliphatic carbocycles. The van der Waals surface area contributed by atoms with Gasteiger partial charge in [0.25, 0.3) is 5.91 Å². The number of amides is 1. The number of nitrogens with one attached hydrogen (secondary N) is 1. The zero-order valence-corrected chi connectivity index (χ0v) is 16.8. The summed E-state index contributed by atoms with van der Waals surface area (Å²) in [4.78, 5) is 17.1. The van der Waals surface area contributed by atoms with Gasteiger partial charge in [0.1, 0.15) is 22.9 Å². The van der Waals surface area contributed by atoms with E-state index in [0.717, 1.165) is 17.0 Å². The third-order valence-corrected chi connectivity index (χ3v) is 4.83. The van der Waals surface area contributed by atoms with Gasteiger partial charge in [0, 0.05) is 5.39 Å². The molecular weight excluding hydrogens is 423 g/mol. The maximum absolute atomic E-state index is 14.1. The van der Waals surface area contributed by atoms with Gasteiger partial charge in [-0.1, -0.05) is 12.1 Å². The number of nitriles is 1. The third kappa shape index (κ3) is 3.39. The SMILES string of the molecule is COc1cccc2c(C)cc(-n3ncc(C#N)c3NC(=O)c3ccc(F)c(F)c3F)nc12. The molecule has 0 aliphatic heterocycles. The molecule has 10 heteroatoms. The first-order chi connectivity index (χ1) is 15.3. The Kier molecular flexibility index (Phi) is 5.24. The molecule has 32 heavy (non-hydrogen) atoms. The van der Waals surface area contributed by atoms with Crippen molar-refractivity contribution in [2.45, 2.75) is 6.92 Å². The van der Waals surface area contributed by atoms with E-state index in [1.165, 1.54) is 18.0 Å². The summed E-state index contributed by atoms with van der Waals surface area (Å²) in [6.07, 6.45) is 1.20. The molecule has 0 spiro atoms. The summed E-state index contributed by atoms with van der Waals surface area (Å²) in [6, 6.07) is 10.4. The number of nitrogens with zero attached hydrogens (tertiary/aromatic N) is 4. The zero-order valence-electron chi connectivity index (χ0n) is 16.8. The van der Waals surface area contributed by atoms with Gasteiger partial charge in [-0.05, 0) is 36.8 Å². The van der Waals surface area contributed by atoms with Gasteiger partial charge in [0.2, 0.25) is 0 Å². The lowest BCUT2D eigenvalue weighted by Crippen LogP contribution is -2.18. The molecule has 7 nitrogen and oxygen atoms in total. The summed E-state index contributed by atoms with van der Waals surface area (Å²) in [5.74, 6) is -5.28. The monoisotopic (exact) mass is 437 g/mol. The highest BCUT2D eigenvalue weighted by atomic mass is 19.2. The van der Waals surface area contributed by atoms with E-state index in [0.29, 0.717) is 17.3 Å². The van der Waals surface area contributed by atoms with E-state index in [1.54, 1.807) is 12.1 Å². The van der Waals surface area contributed by atoms with Gasteiger partial charge in [-0.15, -0.1) is 0 Å². The smallest absolute Gasteiger partial charge is 0.259 e. The first-order valence-electron chi connectivity index (χ1n) is 9.23. The minimum absolute atomic E-state index is 0.0408. The van der Waals surface area contributed by atoms with Crippen LogP contribution in [0.2, 0.25) is 0 Å². The average molecular weight is 437 g/mol. The number of fused-ring (bicyclic) bond motifs is 1. The van der Waals surface area contributed by atoms with E-state index in [1.807, 2.05) is 25.1 Å². The Bertz CT molecular complexity index is 1430. The standard InChI is InChI=1S/C22H14F3N5O2/c1-11-8-17(28-20-13(11)4-3-5-16(20)32-2)30-21(12(9-26)10-27-30)29-22(31)14-6-7-15(23)19(25)18(14)24/h3-8,10H,1-2H3,(H,29,31).